The van der Waals surface area contributed by atoms with Crippen molar-refractivity contribution in [2.24, 2.45) is 0 Å². The molecule has 1 aliphatic heterocycles. The zero-order chi connectivity index (χ0) is 23.9. The van der Waals surface area contributed by atoms with Crippen molar-refractivity contribution in [2.45, 2.75) is 58.5 Å². The first kappa shape index (κ1) is 27.2. The quantitative estimate of drug-likeness (QED) is 0.197. The van der Waals surface area contributed by atoms with Crippen LogP contribution in [-0.4, -0.2) is 13.2 Å². The van der Waals surface area contributed by atoms with E-state index < -0.39 is 0 Å². The molecule has 1 N–H and O–H groups in total. The normalized spacial score (nSPS) is 12.5. The van der Waals surface area contributed by atoms with Gasteiger partial charge in [0.25, 0.3) is 0 Å². The summed E-state index contributed by atoms with van der Waals surface area (Å²) in [4.78, 5) is 11.1. The van der Waals surface area contributed by atoms with Gasteiger partial charge >= 0.3 is 0 Å². The maximum absolute atomic E-state index is 10.0. The first-order chi connectivity index (χ1) is 15.4. The highest BCUT2D eigenvalue weighted by atomic mass is 32.2. The summed E-state index contributed by atoms with van der Waals surface area (Å²) in [6, 6.07) is 14.0. The predicted octanol–water partition coefficient (Wildman–Crippen LogP) is 7.17. The fourth-order valence-corrected chi connectivity index (χ4v) is 3.19. The SMILES string of the molecule is C=C/C=C(\C)OC(C)c1ccc2c(c1)OCO2.CC.CC(C)c1ccc(SNC=O)cc1. The van der Waals surface area contributed by atoms with Gasteiger partial charge < -0.3 is 14.2 Å². The Kier molecular flexibility index (Phi) is 12.8. The van der Waals surface area contributed by atoms with E-state index in [0.717, 1.165) is 27.7 Å². The van der Waals surface area contributed by atoms with E-state index in [1.165, 1.54) is 17.5 Å². The lowest BCUT2D eigenvalue weighted by Gasteiger charge is -2.15. The van der Waals surface area contributed by atoms with E-state index in [9.17, 15) is 4.79 Å². The minimum atomic E-state index is -0.0271. The first-order valence-electron chi connectivity index (χ1n) is 10.8. The third-order valence-corrected chi connectivity index (χ3v) is 5.07. The molecule has 5 nitrogen and oxygen atoms in total. The average molecular weight is 458 g/mol. The van der Waals surface area contributed by atoms with Crippen molar-refractivity contribution in [3.8, 4) is 11.5 Å². The topological polar surface area (TPSA) is 56.8 Å². The van der Waals surface area contributed by atoms with Crippen molar-refractivity contribution in [1.82, 2.24) is 4.72 Å². The lowest BCUT2D eigenvalue weighted by molar-refractivity contribution is -0.107. The molecule has 0 bridgehead atoms. The predicted molar refractivity (Wildman–Crippen MR) is 133 cm³/mol. The van der Waals surface area contributed by atoms with E-state index in [4.69, 9.17) is 14.2 Å². The molecule has 0 spiro atoms. The second kappa shape index (κ2) is 15.0. The fourth-order valence-electron chi connectivity index (χ4n) is 2.73. The van der Waals surface area contributed by atoms with Crippen LogP contribution in [0.25, 0.3) is 0 Å². The van der Waals surface area contributed by atoms with Crippen LogP contribution in [0.2, 0.25) is 0 Å². The fraction of sp³-hybridized carbons (Fsp3) is 0.346. The van der Waals surface area contributed by atoms with Crippen LogP contribution in [0, 0.1) is 0 Å². The lowest BCUT2D eigenvalue weighted by atomic mass is 10.0. The number of carbonyl (C=O) groups is 1. The molecule has 0 radical (unpaired) electrons. The summed E-state index contributed by atoms with van der Waals surface area (Å²) in [5.41, 5.74) is 2.38. The molecule has 1 heterocycles. The van der Waals surface area contributed by atoms with Crippen LogP contribution in [0.3, 0.4) is 0 Å². The van der Waals surface area contributed by atoms with Gasteiger partial charge in [-0.05, 0) is 73.2 Å². The number of fused-ring (bicyclic) bond motifs is 1. The summed E-state index contributed by atoms with van der Waals surface area (Å²) in [7, 11) is 0. The smallest absolute Gasteiger partial charge is 0.231 e. The number of amides is 1. The summed E-state index contributed by atoms with van der Waals surface area (Å²) >= 11 is 1.32. The molecule has 3 rings (SSSR count). The minimum Gasteiger partial charge on any atom is -0.491 e. The van der Waals surface area contributed by atoms with Crippen LogP contribution in [0.15, 0.2) is 71.9 Å². The van der Waals surface area contributed by atoms with E-state index in [-0.39, 0.29) is 6.10 Å². The molecule has 0 aromatic heterocycles. The molecule has 0 fully saturated rings. The number of carbonyl (C=O) groups excluding carboxylic acids is 1. The van der Waals surface area contributed by atoms with Gasteiger partial charge in [0, 0.05) is 4.90 Å². The lowest BCUT2D eigenvalue weighted by Crippen LogP contribution is -1.98. The van der Waals surface area contributed by atoms with E-state index in [1.54, 1.807) is 6.08 Å². The highest BCUT2D eigenvalue weighted by Gasteiger charge is 2.16. The molecule has 1 aliphatic rings. The Morgan fingerprint density at radius 1 is 1.06 bits per heavy atom. The highest BCUT2D eigenvalue weighted by Crippen LogP contribution is 2.35. The van der Waals surface area contributed by atoms with Gasteiger partial charge in [0.15, 0.2) is 11.5 Å². The number of nitrogens with one attached hydrogen (secondary N) is 1. The minimum absolute atomic E-state index is 0.0271. The third kappa shape index (κ3) is 9.10. The Bertz CT molecular complexity index is 863. The summed E-state index contributed by atoms with van der Waals surface area (Å²) in [6.07, 6.45) is 4.20. The molecule has 6 heteroatoms. The molecule has 0 saturated heterocycles. The molecule has 0 saturated carbocycles. The van der Waals surface area contributed by atoms with Crippen LogP contribution >= 0.6 is 11.9 Å². The monoisotopic (exact) mass is 457 g/mol. The van der Waals surface area contributed by atoms with E-state index in [2.05, 4.69) is 37.3 Å². The number of rotatable bonds is 8. The summed E-state index contributed by atoms with van der Waals surface area (Å²) < 4.78 is 18.9. The standard InChI is InChI=1S/C14H16O3.C10H13NOS.C2H6/c1-4-5-10(2)17-11(3)12-6-7-13-14(8-12)16-9-15-13;1-8(2)9-3-5-10(6-4-9)13-11-7-12;1-2/h4-8,11H,1,9H2,2-3H3;3-8H,1-2H3,(H,11,12);1-2H3/b10-5+;;. The Hall–Kier alpha value is -2.86. The van der Waals surface area contributed by atoms with Gasteiger partial charge in [0.05, 0.1) is 5.76 Å². The van der Waals surface area contributed by atoms with Gasteiger partial charge in [0.2, 0.25) is 13.2 Å². The Morgan fingerprint density at radius 2 is 1.69 bits per heavy atom. The molecule has 1 amide bonds. The zero-order valence-corrected chi connectivity index (χ0v) is 20.7. The molecular weight excluding hydrogens is 422 g/mol. The number of allylic oxidation sites excluding steroid dienone is 3. The molecule has 1 atom stereocenters. The Labute approximate surface area is 197 Å². The highest BCUT2D eigenvalue weighted by molar-refractivity contribution is 7.97. The number of ether oxygens (including phenoxy) is 3. The van der Waals surface area contributed by atoms with Crippen LogP contribution in [0.1, 0.15) is 64.7 Å². The van der Waals surface area contributed by atoms with Crippen LogP contribution in [0.5, 0.6) is 11.5 Å². The largest absolute Gasteiger partial charge is 0.491 e. The number of hydrogen-bond donors (Lipinski definition) is 1. The number of benzene rings is 2. The molecule has 0 aliphatic carbocycles. The van der Waals surface area contributed by atoms with Gasteiger partial charge in [-0.3, -0.25) is 9.52 Å². The van der Waals surface area contributed by atoms with E-state index >= 15 is 0 Å². The van der Waals surface area contributed by atoms with Crippen molar-refractivity contribution in [3.05, 3.63) is 78.1 Å². The van der Waals surface area contributed by atoms with Gasteiger partial charge in [0.1, 0.15) is 6.10 Å². The molecule has 1 unspecified atom stereocenters. The molecule has 2 aromatic carbocycles. The zero-order valence-electron chi connectivity index (χ0n) is 19.9. The van der Waals surface area contributed by atoms with Gasteiger partial charge in [-0.25, -0.2) is 0 Å². The Morgan fingerprint density at radius 3 is 2.28 bits per heavy atom. The summed E-state index contributed by atoms with van der Waals surface area (Å²) in [5, 5.41) is 0. The molecule has 174 valence electrons. The number of hydrogen-bond acceptors (Lipinski definition) is 5. The van der Waals surface area contributed by atoms with Crippen molar-refractivity contribution in [2.75, 3.05) is 6.79 Å². The van der Waals surface area contributed by atoms with Crippen molar-refractivity contribution in [3.63, 3.8) is 0 Å². The van der Waals surface area contributed by atoms with Crippen LogP contribution in [0.4, 0.5) is 0 Å². The average Bonchev–Trinajstić information content (AvgIpc) is 3.28. The Balaban J connectivity index is 0.000000307. The molecule has 2 aromatic rings. The van der Waals surface area contributed by atoms with Gasteiger partial charge in [-0.15, -0.1) is 0 Å². The summed E-state index contributed by atoms with van der Waals surface area (Å²) in [6.45, 7) is 16.2. The first-order valence-corrected chi connectivity index (χ1v) is 11.6. The molecule has 32 heavy (non-hydrogen) atoms. The van der Waals surface area contributed by atoms with E-state index in [0.29, 0.717) is 19.1 Å². The van der Waals surface area contributed by atoms with Gasteiger partial charge in [-0.2, -0.15) is 0 Å². The third-order valence-electron chi connectivity index (χ3n) is 4.35. The maximum atomic E-state index is 10.0. The van der Waals surface area contributed by atoms with E-state index in [1.807, 2.05) is 64.1 Å². The van der Waals surface area contributed by atoms with Crippen molar-refractivity contribution >= 4 is 18.4 Å². The van der Waals surface area contributed by atoms with Crippen LogP contribution in [-0.2, 0) is 9.53 Å². The van der Waals surface area contributed by atoms with Crippen LogP contribution < -0.4 is 14.2 Å². The second-order valence-corrected chi connectivity index (χ2v) is 7.86. The molecular formula is C26H35NO4S. The second-order valence-electron chi connectivity index (χ2n) is 6.95. The van der Waals surface area contributed by atoms with Gasteiger partial charge in [-0.1, -0.05) is 58.5 Å². The van der Waals surface area contributed by atoms with Crippen molar-refractivity contribution in [1.29, 1.82) is 0 Å². The van der Waals surface area contributed by atoms with Crippen molar-refractivity contribution < 1.29 is 19.0 Å². The maximum Gasteiger partial charge on any atom is 0.231 e. The summed E-state index contributed by atoms with van der Waals surface area (Å²) in [5.74, 6) is 2.96.